The Morgan fingerprint density at radius 3 is 2.96 bits per heavy atom. The number of nitrogens with zero attached hydrogens (tertiary/aromatic N) is 4. The number of anilines is 1. The van der Waals surface area contributed by atoms with Crippen molar-refractivity contribution in [2.75, 3.05) is 24.7 Å². The van der Waals surface area contributed by atoms with Crippen LogP contribution in [0.15, 0.2) is 36.5 Å². The molecule has 1 aromatic carbocycles. The van der Waals surface area contributed by atoms with E-state index in [1.807, 2.05) is 24.3 Å². The number of rotatable bonds is 3. The molecule has 124 valence electrons. The van der Waals surface area contributed by atoms with Crippen molar-refractivity contribution in [1.29, 1.82) is 0 Å². The molecule has 24 heavy (non-hydrogen) atoms. The Morgan fingerprint density at radius 1 is 1.33 bits per heavy atom. The fourth-order valence-corrected chi connectivity index (χ4v) is 3.16. The van der Waals surface area contributed by atoms with Crippen molar-refractivity contribution in [2.45, 2.75) is 19.9 Å². The zero-order valence-corrected chi connectivity index (χ0v) is 13.7. The SMILES string of the molecule is CC1(Cn2cc(C(=O)N3CCC=Cc4ccccc43)nn2)COC1. The van der Waals surface area contributed by atoms with Crippen molar-refractivity contribution < 1.29 is 9.53 Å². The summed E-state index contributed by atoms with van der Waals surface area (Å²) in [6.07, 6.45) is 6.73. The summed E-state index contributed by atoms with van der Waals surface area (Å²) in [5.74, 6) is -0.104. The number of para-hydroxylation sites is 1. The van der Waals surface area contributed by atoms with E-state index in [2.05, 4.69) is 29.4 Å². The van der Waals surface area contributed by atoms with Gasteiger partial charge in [-0.1, -0.05) is 42.5 Å². The van der Waals surface area contributed by atoms with E-state index < -0.39 is 0 Å². The molecular formula is C18H20N4O2. The summed E-state index contributed by atoms with van der Waals surface area (Å²) in [6.45, 7) is 4.95. The minimum atomic E-state index is -0.104. The van der Waals surface area contributed by atoms with E-state index in [4.69, 9.17) is 4.74 Å². The molecule has 0 aliphatic carbocycles. The first-order valence-electron chi connectivity index (χ1n) is 8.20. The van der Waals surface area contributed by atoms with Gasteiger partial charge >= 0.3 is 0 Å². The second kappa shape index (κ2) is 5.87. The number of benzene rings is 1. The topological polar surface area (TPSA) is 60.2 Å². The Labute approximate surface area is 140 Å². The van der Waals surface area contributed by atoms with Crippen LogP contribution in [0.5, 0.6) is 0 Å². The average Bonchev–Trinajstić information content (AvgIpc) is 2.91. The number of carbonyl (C=O) groups is 1. The fraction of sp³-hybridized carbons (Fsp3) is 0.389. The second-order valence-electron chi connectivity index (χ2n) is 6.81. The summed E-state index contributed by atoms with van der Waals surface area (Å²) in [5, 5.41) is 8.22. The first-order chi connectivity index (χ1) is 11.6. The van der Waals surface area contributed by atoms with Gasteiger partial charge in [0.05, 0.1) is 31.6 Å². The van der Waals surface area contributed by atoms with Crippen molar-refractivity contribution in [1.82, 2.24) is 15.0 Å². The van der Waals surface area contributed by atoms with Gasteiger partial charge in [0, 0.05) is 12.0 Å². The van der Waals surface area contributed by atoms with Crippen molar-refractivity contribution in [3.05, 3.63) is 47.8 Å². The molecular weight excluding hydrogens is 304 g/mol. The number of hydrogen-bond donors (Lipinski definition) is 0. The molecule has 1 fully saturated rings. The highest BCUT2D eigenvalue weighted by Crippen LogP contribution is 2.29. The van der Waals surface area contributed by atoms with Gasteiger partial charge in [0.1, 0.15) is 0 Å². The standard InChI is InChI=1S/C18H20N4O2/c1-18(12-24-13-18)11-21-10-15(19-20-21)17(23)22-9-5-4-7-14-6-2-3-8-16(14)22/h2-4,6-8,10H,5,9,11-13H2,1H3. The molecule has 4 rings (SSSR count). The maximum absolute atomic E-state index is 12.9. The molecule has 0 saturated carbocycles. The zero-order valence-electron chi connectivity index (χ0n) is 13.7. The predicted molar refractivity (Wildman–Crippen MR) is 90.7 cm³/mol. The van der Waals surface area contributed by atoms with Crippen LogP contribution in [0, 0.1) is 5.41 Å². The Morgan fingerprint density at radius 2 is 2.17 bits per heavy atom. The summed E-state index contributed by atoms with van der Waals surface area (Å²) < 4.78 is 7.02. The van der Waals surface area contributed by atoms with Crippen LogP contribution in [-0.2, 0) is 11.3 Å². The minimum Gasteiger partial charge on any atom is -0.380 e. The molecule has 0 radical (unpaired) electrons. The molecule has 1 aromatic heterocycles. The lowest BCUT2D eigenvalue weighted by molar-refractivity contribution is -0.111. The largest absolute Gasteiger partial charge is 0.380 e. The summed E-state index contributed by atoms with van der Waals surface area (Å²) in [7, 11) is 0. The third kappa shape index (κ3) is 2.73. The van der Waals surface area contributed by atoms with E-state index in [0.717, 1.165) is 30.9 Å². The molecule has 2 aliphatic heterocycles. The Bertz CT molecular complexity index is 792. The van der Waals surface area contributed by atoms with Crippen LogP contribution in [0.2, 0.25) is 0 Å². The molecule has 1 amide bonds. The van der Waals surface area contributed by atoms with E-state index in [9.17, 15) is 4.79 Å². The Kier molecular flexibility index (Phi) is 3.69. The van der Waals surface area contributed by atoms with Crippen LogP contribution in [0.3, 0.4) is 0 Å². The number of fused-ring (bicyclic) bond motifs is 1. The van der Waals surface area contributed by atoms with Gasteiger partial charge in [-0.2, -0.15) is 0 Å². The van der Waals surface area contributed by atoms with E-state index in [1.165, 1.54) is 0 Å². The van der Waals surface area contributed by atoms with Gasteiger partial charge in [-0.15, -0.1) is 5.10 Å². The van der Waals surface area contributed by atoms with E-state index in [0.29, 0.717) is 18.8 Å². The third-order valence-electron chi connectivity index (χ3n) is 4.49. The number of amides is 1. The molecule has 0 atom stereocenters. The van der Waals surface area contributed by atoms with Crippen molar-refractivity contribution in [3.8, 4) is 0 Å². The first kappa shape index (κ1) is 15.1. The summed E-state index contributed by atoms with van der Waals surface area (Å²) >= 11 is 0. The first-order valence-corrected chi connectivity index (χ1v) is 8.20. The molecule has 0 bridgehead atoms. The number of carbonyl (C=O) groups excluding carboxylic acids is 1. The third-order valence-corrected chi connectivity index (χ3v) is 4.49. The fourth-order valence-electron chi connectivity index (χ4n) is 3.16. The summed E-state index contributed by atoms with van der Waals surface area (Å²) in [4.78, 5) is 14.7. The zero-order chi connectivity index (χ0) is 16.6. The van der Waals surface area contributed by atoms with Crippen molar-refractivity contribution >= 4 is 17.7 Å². The minimum absolute atomic E-state index is 0.0904. The molecule has 3 heterocycles. The quantitative estimate of drug-likeness (QED) is 0.870. The van der Waals surface area contributed by atoms with E-state index >= 15 is 0 Å². The molecule has 1 saturated heterocycles. The molecule has 2 aromatic rings. The lowest BCUT2D eigenvalue weighted by atomic mass is 9.89. The normalized spacial score (nSPS) is 18.6. The number of hydrogen-bond acceptors (Lipinski definition) is 4. The van der Waals surface area contributed by atoms with Gasteiger partial charge in [0.2, 0.25) is 0 Å². The molecule has 6 nitrogen and oxygen atoms in total. The van der Waals surface area contributed by atoms with Gasteiger partial charge < -0.3 is 9.64 Å². The highest BCUT2D eigenvalue weighted by molar-refractivity contribution is 6.05. The van der Waals surface area contributed by atoms with Gasteiger partial charge in [-0.3, -0.25) is 9.48 Å². The van der Waals surface area contributed by atoms with Gasteiger partial charge in [0.15, 0.2) is 5.69 Å². The Balaban J connectivity index is 1.57. The molecule has 0 N–H and O–H groups in total. The predicted octanol–water partition coefficient (Wildman–Crippen LogP) is 2.38. The summed E-state index contributed by atoms with van der Waals surface area (Å²) in [6, 6.07) is 7.92. The molecule has 6 heteroatoms. The van der Waals surface area contributed by atoms with Gasteiger partial charge in [0.25, 0.3) is 5.91 Å². The smallest absolute Gasteiger partial charge is 0.280 e. The van der Waals surface area contributed by atoms with Crippen LogP contribution in [-0.4, -0.2) is 40.7 Å². The number of aromatic nitrogens is 3. The highest BCUT2D eigenvalue weighted by Gasteiger charge is 2.34. The molecule has 0 unspecified atom stereocenters. The average molecular weight is 324 g/mol. The second-order valence-corrected chi connectivity index (χ2v) is 6.81. The molecule has 0 spiro atoms. The maximum Gasteiger partial charge on any atom is 0.280 e. The van der Waals surface area contributed by atoms with Crippen molar-refractivity contribution in [2.24, 2.45) is 5.41 Å². The van der Waals surface area contributed by atoms with Crippen LogP contribution >= 0.6 is 0 Å². The summed E-state index contributed by atoms with van der Waals surface area (Å²) in [5.41, 5.74) is 2.45. The molecule has 2 aliphatic rings. The van der Waals surface area contributed by atoms with Crippen LogP contribution in [0.4, 0.5) is 5.69 Å². The van der Waals surface area contributed by atoms with E-state index in [1.54, 1.807) is 15.8 Å². The highest BCUT2D eigenvalue weighted by atomic mass is 16.5. The number of ether oxygens (including phenoxy) is 1. The monoisotopic (exact) mass is 324 g/mol. The van der Waals surface area contributed by atoms with Crippen molar-refractivity contribution in [3.63, 3.8) is 0 Å². The van der Waals surface area contributed by atoms with Crippen LogP contribution in [0.25, 0.3) is 6.08 Å². The lowest BCUT2D eigenvalue weighted by Crippen LogP contribution is -2.43. The Hall–Kier alpha value is -2.47. The lowest BCUT2D eigenvalue weighted by Gasteiger charge is -2.37. The van der Waals surface area contributed by atoms with Crippen LogP contribution in [0.1, 0.15) is 29.4 Å². The maximum atomic E-state index is 12.9. The van der Waals surface area contributed by atoms with Gasteiger partial charge in [-0.05, 0) is 18.1 Å². The van der Waals surface area contributed by atoms with Crippen LogP contribution < -0.4 is 4.90 Å². The van der Waals surface area contributed by atoms with E-state index in [-0.39, 0.29) is 11.3 Å². The van der Waals surface area contributed by atoms with Gasteiger partial charge in [-0.25, -0.2) is 0 Å².